The van der Waals surface area contributed by atoms with Gasteiger partial charge in [0.25, 0.3) is 0 Å². The number of hydrogen-bond acceptors (Lipinski definition) is 6. The molecule has 5 atom stereocenters. The number of ketones is 1. The number of carbonyl (C=O) groups excluding carboxylic acids is 1. The van der Waals surface area contributed by atoms with Crippen LogP contribution in [-0.2, 0) is 9.53 Å². The van der Waals surface area contributed by atoms with E-state index in [9.17, 15) is 9.90 Å². The van der Waals surface area contributed by atoms with E-state index in [0.717, 1.165) is 19.6 Å². The Morgan fingerprint density at radius 3 is 2.76 bits per heavy atom. The second-order valence-corrected chi connectivity index (χ2v) is 8.62. The zero-order valence-electron chi connectivity index (χ0n) is 17.3. The lowest BCUT2D eigenvalue weighted by Gasteiger charge is -2.44. The van der Waals surface area contributed by atoms with Crippen LogP contribution in [0, 0.1) is 17.8 Å². The quantitative estimate of drug-likeness (QED) is 0.818. The summed E-state index contributed by atoms with van der Waals surface area (Å²) in [5, 5.41) is 10.7. The van der Waals surface area contributed by atoms with Crippen molar-refractivity contribution in [1.29, 1.82) is 0 Å². The lowest BCUT2D eigenvalue weighted by atomic mass is 9.73. The highest BCUT2D eigenvalue weighted by molar-refractivity contribution is 5.96. The van der Waals surface area contributed by atoms with Crippen molar-refractivity contribution >= 4 is 5.78 Å². The van der Waals surface area contributed by atoms with Crippen LogP contribution in [0.2, 0.25) is 0 Å². The predicted molar refractivity (Wildman–Crippen MR) is 109 cm³/mol. The number of Topliss-reactive ketones (excluding diaryl/α,β-unsaturated/α-hetero) is 1. The zero-order chi connectivity index (χ0) is 20.4. The summed E-state index contributed by atoms with van der Waals surface area (Å²) in [6, 6.07) is 7.25. The number of carbonyl (C=O) groups is 1. The summed E-state index contributed by atoms with van der Waals surface area (Å²) < 4.78 is 17.2. The molecule has 1 aliphatic carbocycles. The first-order chi connectivity index (χ1) is 14.1. The third kappa shape index (κ3) is 4.28. The number of likely N-dealkylation sites (tertiary alicyclic amines) is 1. The number of hydrogen-bond donors (Lipinski definition) is 1. The number of aliphatic hydroxyl groups excluding tert-OH is 1. The van der Waals surface area contributed by atoms with E-state index >= 15 is 0 Å². The fourth-order valence-corrected chi connectivity index (χ4v) is 4.98. The number of allylic oxidation sites excluding steroid dienone is 1. The van der Waals surface area contributed by atoms with Crippen LogP contribution >= 0.6 is 0 Å². The van der Waals surface area contributed by atoms with Crippen molar-refractivity contribution in [2.24, 2.45) is 17.8 Å². The molecule has 29 heavy (non-hydrogen) atoms. The summed E-state index contributed by atoms with van der Waals surface area (Å²) in [4.78, 5) is 15.6. The Bertz CT molecular complexity index is 763. The number of aliphatic hydroxyl groups is 1. The van der Waals surface area contributed by atoms with E-state index < -0.39 is 6.10 Å². The Balaban J connectivity index is 1.49. The maximum Gasteiger partial charge on any atom is 0.208 e. The van der Waals surface area contributed by atoms with E-state index in [2.05, 4.69) is 11.8 Å². The molecule has 0 aromatic heterocycles. The second-order valence-electron chi connectivity index (χ2n) is 8.62. The average molecular weight is 402 g/mol. The van der Waals surface area contributed by atoms with E-state index in [1.807, 2.05) is 12.1 Å². The van der Waals surface area contributed by atoms with Crippen molar-refractivity contribution in [3.8, 4) is 11.5 Å². The Kier molecular flexibility index (Phi) is 6.11. The summed E-state index contributed by atoms with van der Waals surface area (Å²) in [6.45, 7) is 5.15. The molecular weight excluding hydrogens is 370 g/mol. The number of rotatable bonds is 5. The molecule has 1 saturated heterocycles. The molecule has 0 radical (unpaired) electrons. The van der Waals surface area contributed by atoms with Gasteiger partial charge in [0.2, 0.25) is 11.5 Å². The molecule has 2 aliphatic heterocycles. The Morgan fingerprint density at radius 2 is 2.00 bits per heavy atom. The molecule has 1 saturated carbocycles. The number of ether oxygens (including phenoxy) is 3. The van der Waals surface area contributed by atoms with E-state index in [4.69, 9.17) is 14.2 Å². The number of methoxy groups -OCH3 is 1. The third-order valence-electron chi connectivity index (χ3n) is 6.50. The Hall–Kier alpha value is -2.05. The highest BCUT2D eigenvalue weighted by atomic mass is 16.5. The van der Waals surface area contributed by atoms with Crippen LogP contribution in [0.25, 0.3) is 0 Å². The van der Waals surface area contributed by atoms with Gasteiger partial charge in [-0.05, 0) is 50.3 Å². The van der Waals surface area contributed by atoms with Crippen molar-refractivity contribution in [2.45, 2.75) is 44.8 Å². The third-order valence-corrected chi connectivity index (χ3v) is 6.50. The van der Waals surface area contributed by atoms with E-state index in [1.165, 1.54) is 19.1 Å². The average Bonchev–Trinajstić information content (AvgIpc) is 2.72. The molecule has 1 N–H and O–H groups in total. The van der Waals surface area contributed by atoms with Crippen LogP contribution in [0.15, 0.2) is 36.3 Å². The second kappa shape index (κ2) is 8.76. The highest BCUT2D eigenvalue weighted by Crippen LogP contribution is 2.39. The summed E-state index contributed by atoms with van der Waals surface area (Å²) in [6.07, 6.45) is 4.38. The number of piperidine rings is 1. The summed E-state index contributed by atoms with van der Waals surface area (Å²) in [7, 11) is 1.57. The van der Waals surface area contributed by atoms with Crippen LogP contribution in [0.5, 0.6) is 11.5 Å². The monoisotopic (exact) mass is 401 g/mol. The Labute approximate surface area is 172 Å². The molecule has 0 spiro atoms. The maximum atomic E-state index is 13.2. The van der Waals surface area contributed by atoms with Crippen LogP contribution in [0.4, 0.5) is 0 Å². The largest absolute Gasteiger partial charge is 0.493 e. The lowest BCUT2D eigenvalue weighted by molar-refractivity contribution is -0.140. The SMILES string of the molecule is COc1ccccc1OC1=COC2C(CCC(O)C2CN2CCCC(C)C2)C1=O. The maximum absolute atomic E-state index is 13.2. The van der Waals surface area contributed by atoms with Gasteiger partial charge in [0.05, 0.1) is 19.1 Å². The normalized spacial score (nSPS) is 32.7. The van der Waals surface area contributed by atoms with Gasteiger partial charge in [0, 0.05) is 19.0 Å². The molecular formula is C23H31NO5. The first kappa shape index (κ1) is 20.2. The fraction of sp³-hybridized carbons (Fsp3) is 0.609. The fourth-order valence-electron chi connectivity index (χ4n) is 4.98. The van der Waals surface area contributed by atoms with Gasteiger partial charge in [-0.25, -0.2) is 0 Å². The van der Waals surface area contributed by atoms with E-state index in [0.29, 0.717) is 30.3 Å². The van der Waals surface area contributed by atoms with Crippen LogP contribution < -0.4 is 9.47 Å². The molecule has 1 aromatic rings. The summed E-state index contributed by atoms with van der Waals surface area (Å²) >= 11 is 0. The van der Waals surface area contributed by atoms with E-state index in [-0.39, 0.29) is 29.5 Å². The molecule has 3 aliphatic rings. The van der Waals surface area contributed by atoms with Gasteiger partial charge >= 0.3 is 0 Å². The molecule has 1 aromatic carbocycles. The van der Waals surface area contributed by atoms with Crippen LogP contribution in [0.1, 0.15) is 32.6 Å². The minimum absolute atomic E-state index is 0.0453. The topological polar surface area (TPSA) is 68.2 Å². The summed E-state index contributed by atoms with van der Waals surface area (Å²) in [5.41, 5.74) is 0. The van der Waals surface area contributed by atoms with Crippen molar-refractivity contribution < 1.29 is 24.1 Å². The molecule has 2 fully saturated rings. The van der Waals surface area contributed by atoms with Gasteiger partial charge in [0.15, 0.2) is 11.5 Å². The van der Waals surface area contributed by atoms with Gasteiger partial charge in [-0.1, -0.05) is 19.1 Å². The highest BCUT2D eigenvalue weighted by Gasteiger charge is 2.47. The predicted octanol–water partition coefficient (Wildman–Crippen LogP) is 3.00. The lowest BCUT2D eigenvalue weighted by Crippen LogP contribution is -2.53. The van der Waals surface area contributed by atoms with Gasteiger partial charge in [-0.2, -0.15) is 0 Å². The molecule has 0 bridgehead atoms. The van der Waals surface area contributed by atoms with Gasteiger partial charge < -0.3 is 24.2 Å². The van der Waals surface area contributed by atoms with Gasteiger partial charge in [0.1, 0.15) is 12.4 Å². The van der Waals surface area contributed by atoms with Crippen molar-refractivity contribution in [3.63, 3.8) is 0 Å². The van der Waals surface area contributed by atoms with Crippen LogP contribution in [0.3, 0.4) is 0 Å². The molecule has 6 heteroatoms. The first-order valence-electron chi connectivity index (χ1n) is 10.7. The molecule has 5 unspecified atom stereocenters. The number of nitrogens with zero attached hydrogens (tertiary/aromatic N) is 1. The van der Waals surface area contributed by atoms with E-state index in [1.54, 1.807) is 19.2 Å². The number of para-hydroxylation sites is 2. The smallest absolute Gasteiger partial charge is 0.208 e. The number of fused-ring (bicyclic) bond motifs is 1. The standard InChI is InChI=1S/C23H31NO5/c1-15-6-5-11-24(12-15)13-17-18(25)10-9-16-22(26)21(14-28-23(16)17)29-20-8-4-3-7-19(20)27-2/h3-4,7-8,14-18,23,25H,5-6,9-13H2,1-2H3. The van der Waals surface area contributed by atoms with Crippen molar-refractivity contribution in [3.05, 3.63) is 36.3 Å². The van der Waals surface area contributed by atoms with Crippen LogP contribution in [-0.4, -0.2) is 54.7 Å². The molecule has 6 nitrogen and oxygen atoms in total. The number of benzene rings is 1. The minimum Gasteiger partial charge on any atom is -0.493 e. The summed E-state index contributed by atoms with van der Waals surface area (Å²) in [5.74, 6) is 1.56. The molecule has 2 heterocycles. The molecule has 158 valence electrons. The zero-order valence-corrected chi connectivity index (χ0v) is 17.3. The molecule has 0 amide bonds. The minimum atomic E-state index is -0.439. The van der Waals surface area contributed by atoms with Gasteiger partial charge in [-0.3, -0.25) is 4.79 Å². The first-order valence-corrected chi connectivity index (χ1v) is 10.7. The van der Waals surface area contributed by atoms with Gasteiger partial charge in [-0.15, -0.1) is 0 Å². The Morgan fingerprint density at radius 1 is 1.21 bits per heavy atom. The molecule has 4 rings (SSSR count). The van der Waals surface area contributed by atoms with Crippen molar-refractivity contribution in [2.75, 3.05) is 26.7 Å². The van der Waals surface area contributed by atoms with Crippen molar-refractivity contribution in [1.82, 2.24) is 4.90 Å².